The Hall–Kier alpha value is -2.28. The second-order valence-corrected chi connectivity index (χ2v) is 4.49. The number of benzene rings is 1. The fraction of sp³-hybridized carbons (Fsp3) is 0.267. The predicted octanol–water partition coefficient (Wildman–Crippen LogP) is 3.42. The normalized spacial score (nSPS) is 12.9. The Morgan fingerprint density at radius 2 is 2.00 bits per heavy atom. The summed E-state index contributed by atoms with van der Waals surface area (Å²) in [7, 11) is 1.42. The lowest BCUT2D eigenvalue weighted by atomic mass is 10.1. The zero-order valence-electron chi connectivity index (χ0n) is 11.7. The number of ether oxygens (including phenoxy) is 1. The Kier molecular flexibility index (Phi) is 4.87. The van der Waals surface area contributed by atoms with E-state index < -0.39 is 29.3 Å². The molecule has 0 saturated heterocycles. The second kappa shape index (κ2) is 6.65. The minimum atomic E-state index is -4.59. The number of methoxy groups -OCH3 is 1. The molecule has 1 amide bonds. The highest BCUT2D eigenvalue weighted by Crippen LogP contribution is 2.31. The fourth-order valence-corrected chi connectivity index (χ4v) is 1.98. The number of carbonyl (C=O) groups excluding carboxylic acids is 1. The van der Waals surface area contributed by atoms with E-state index in [4.69, 9.17) is 9.15 Å². The van der Waals surface area contributed by atoms with Gasteiger partial charge >= 0.3 is 6.18 Å². The number of nitrogens with one attached hydrogen (secondary N) is 1. The summed E-state index contributed by atoms with van der Waals surface area (Å²) >= 11 is 0. The van der Waals surface area contributed by atoms with Crippen LogP contribution in [-0.4, -0.2) is 19.6 Å². The maximum atomic E-state index is 12.9. The zero-order valence-corrected chi connectivity index (χ0v) is 11.7. The molecule has 1 atom stereocenters. The van der Waals surface area contributed by atoms with Crippen molar-refractivity contribution in [3.63, 3.8) is 0 Å². The van der Waals surface area contributed by atoms with Gasteiger partial charge in [-0.2, -0.15) is 13.2 Å². The van der Waals surface area contributed by atoms with E-state index in [0.717, 1.165) is 12.1 Å². The predicted molar refractivity (Wildman–Crippen MR) is 72.2 cm³/mol. The first-order valence-electron chi connectivity index (χ1n) is 6.44. The Morgan fingerprint density at radius 1 is 1.27 bits per heavy atom. The molecule has 4 nitrogen and oxygen atoms in total. The van der Waals surface area contributed by atoms with Crippen molar-refractivity contribution >= 4 is 5.91 Å². The third-order valence-corrected chi connectivity index (χ3v) is 3.07. The van der Waals surface area contributed by atoms with Crippen LogP contribution in [0.4, 0.5) is 13.2 Å². The molecule has 22 heavy (non-hydrogen) atoms. The average molecular weight is 313 g/mol. The highest BCUT2D eigenvalue weighted by atomic mass is 19.4. The van der Waals surface area contributed by atoms with Crippen molar-refractivity contribution in [3.05, 3.63) is 59.5 Å². The average Bonchev–Trinajstić information content (AvgIpc) is 3.01. The van der Waals surface area contributed by atoms with Crippen molar-refractivity contribution in [2.24, 2.45) is 0 Å². The van der Waals surface area contributed by atoms with E-state index in [2.05, 4.69) is 5.32 Å². The molecule has 0 saturated carbocycles. The molecule has 0 aliphatic heterocycles. The fourth-order valence-electron chi connectivity index (χ4n) is 1.98. The highest BCUT2D eigenvalue weighted by molar-refractivity contribution is 5.95. The van der Waals surface area contributed by atoms with Gasteiger partial charge in [-0.1, -0.05) is 12.1 Å². The number of halogens is 3. The molecule has 7 heteroatoms. The first kappa shape index (κ1) is 16.1. The molecule has 0 aliphatic rings. The summed E-state index contributed by atoms with van der Waals surface area (Å²) in [6.07, 6.45) is -3.71. The maximum absolute atomic E-state index is 12.9. The molecular formula is C15H14F3NO3. The van der Waals surface area contributed by atoms with E-state index in [1.807, 2.05) is 0 Å². The van der Waals surface area contributed by atoms with Gasteiger partial charge in [0.25, 0.3) is 5.91 Å². The minimum absolute atomic E-state index is 0.00492. The molecule has 118 valence electrons. The van der Waals surface area contributed by atoms with Crippen molar-refractivity contribution in [2.45, 2.75) is 12.3 Å². The first-order chi connectivity index (χ1) is 10.4. The van der Waals surface area contributed by atoms with E-state index in [0.29, 0.717) is 5.76 Å². The van der Waals surface area contributed by atoms with Crippen LogP contribution in [0.25, 0.3) is 0 Å². The van der Waals surface area contributed by atoms with Crippen LogP contribution in [0, 0.1) is 0 Å². The molecule has 0 bridgehead atoms. The zero-order chi connectivity index (χ0) is 16.2. The largest absolute Gasteiger partial charge is 0.467 e. The summed E-state index contributed by atoms with van der Waals surface area (Å²) in [5.74, 6) is -0.339. The third-order valence-electron chi connectivity index (χ3n) is 3.07. The number of alkyl halides is 3. The van der Waals surface area contributed by atoms with Crippen molar-refractivity contribution in [1.29, 1.82) is 0 Å². The highest BCUT2D eigenvalue weighted by Gasteiger charge is 2.34. The van der Waals surface area contributed by atoms with Crippen LogP contribution in [-0.2, 0) is 10.9 Å². The molecule has 1 aromatic carbocycles. The topological polar surface area (TPSA) is 51.5 Å². The summed E-state index contributed by atoms with van der Waals surface area (Å²) in [5, 5.41) is 2.43. The van der Waals surface area contributed by atoms with E-state index >= 15 is 0 Å². The molecule has 1 aromatic heterocycles. The van der Waals surface area contributed by atoms with Gasteiger partial charge in [0.2, 0.25) is 0 Å². The van der Waals surface area contributed by atoms with Gasteiger partial charge in [0.15, 0.2) is 0 Å². The van der Waals surface area contributed by atoms with Gasteiger partial charge in [-0.15, -0.1) is 0 Å². The molecular weight excluding hydrogens is 299 g/mol. The number of carbonyl (C=O) groups is 1. The standard InChI is InChI=1S/C15H14F3NO3/c1-21-13(12-7-4-8-22-12)9-19-14(20)10-5-2-3-6-11(10)15(16,17)18/h2-8,13H,9H2,1H3,(H,19,20)/t13-/m1/s1. The quantitative estimate of drug-likeness (QED) is 0.920. The Balaban J connectivity index is 2.10. The summed E-state index contributed by atoms with van der Waals surface area (Å²) in [4.78, 5) is 12.0. The van der Waals surface area contributed by atoms with Gasteiger partial charge in [-0.3, -0.25) is 4.79 Å². The molecule has 1 heterocycles. The smallest absolute Gasteiger partial charge is 0.417 e. The molecule has 2 rings (SSSR count). The number of furan rings is 1. The lowest BCUT2D eigenvalue weighted by Crippen LogP contribution is -2.30. The van der Waals surface area contributed by atoms with Crippen LogP contribution in [0.2, 0.25) is 0 Å². The van der Waals surface area contributed by atoms with Crippen molar-refractivity contribution in [1.82, 2.24) is 5.32 Å². The maximum Gasteiger partial charge on any atom is 0.417 e. The number of hydrogen-bond donors (Lipinski definition) is 1. The molecule has 1 N–H and O–H groups in total. The molecule has 0 aliphatic carbocycles. The second-order valence-electron chi connectivity index (χ2n) is 4.49. The molecule has 0 radical (unpaired) electrons. The van der Waals surface area contributed by atoms with Crippen molar-refractivity contribution in [2.75, 3.05) is 13.7 Å². The van der Waals surface area contributed by atoms with Gasteiger partial charge in [-0.05, 0) is 24.3 Å². The lowest BCUT2D eigenvalue weighted by Gasteiger charge is -2.16. The van der Waals surface area contributed by atoms with E-state index in [1.165, 1.54) is 25.5 Å². The SMILES string of the molecule is CO[C@H](CNC(=O)c1ccccc1C(F)(F)F)c1ccco1. The third kappa shape index (κ3) is 3.67. The van der Waals surface area contributed by atoms with Crippen LogP contribution >= 0.6 is 0 Å². The van der Waals surface area contributed by atoms with Gasteiger partial charge in [0.05, 0.1) is 23.9 Å². The van der Waals surface area contributed by atoms with Gasteiger partial charge in [0, 0.05) is 7.11 Å². The number of amides is 1. The Morgan fingerprint density at radius 3 is 2.59 bits per heavy atom. The van der Waals surface area contributed by atoms with Gasteiger partial charge in [0.1, 0.15) is 11.9 Å². The Labute approximate surface area is 124 Å². The number of rotatable bonds is 5. The monoisotopic (exact) mass is 313 g/mol. The van der Waals surface area contributed by atoms with Crippen LogP contribution in [0.5, 0.6) is 0 Å². The lowest BCUT2D eigenvalue weighted by molar-refractivity contribution is -0.137. The first-order valence-corrected chi connectivity index (χ1v) is 6.44. The van der Waals surface area contributed by atoms with E-state index in [9.17, 15) is 18.0 Å². The summed E-state index contributed by atoms with van der Waals surface area (Å²) in [6, 6.07) is 7.93. The Bertz CT molecular complexity index is 623. The van der Waals surface area contributed by atoms with E-state index in [-0.39, 0.29) is 6.54 Å². The summed E-state index contributed by atoms with van der Waals surface area (Å²) in [6.45, 7) is -0.00492. The van der Waals surface area contributed by atoms with Crippen LogP contribution in [0.15, 0.2) is 47.1 Å². The molecule has 0 unspecified atom stereocenters. The summed E-state index contributed by atoms with van der Waals surface area (Å²) < 4.78 is 48.9. The minimum Gasteiger partial charge on any atom is -0.467 e. The molecule has 0 fully saturated rings. The van der Waals surface area contributed by atoms with Crippen LogP contribution in [0.1, 0.15) is 27.8 Å². The van der Waals surface area contributed by atoms with E-state index in [1.54, 1.807) is 12.1 Å². The molecule has 2 aromatic rings. The summed E-state index contributed by atoms with van der Waals surface area (Å²) in [5.41, 5.74) is -1.40. The van der Waals surface area contributed by atoms with Crippen molar-refractivity contribution in [3.8, 4) is 0 Å². The molecule has 0 spiro atoms. The number of hydrogen-bond acceptors (Lipinski definition) is 3. The van der Waals surface area contributed by atoms with Crippen LogP contribution < -0.4 is 5.32 Å². The van der Waals surface area contributed by atoms with Gasteiger partial charge in [-0.25, -0.2) is 0 Å². The van der Waals surface area contributed by atoms with Crippen molar-refractivity contribution < 1.29 is 27.1 Å². The van der Waals surface area contributed by atoms with Crippen LogP contribution in [0.3, 0.4) is 0 Å². The van der Waals surface area contributed by atoms with Gasteiger partial charge < -0.3 is 14.5 Å².